The lowest BCUT2D eigenvalue weighted by Crippen LogP contribution is -2.50. The molecule has 0 aliphatic heterocycles. The largest absolute Gasteiger partial charge is 0.465 e. The molecule has 0 saturated carbocycles. The topological polar surface area (TPSA) is 61.8 Å². The Hall–Kier alpha value is -1.36. The molecule has 1 atom stereocenters. The Labute approximate surface area is 114 Å². The van der Waals surface area contributed by atoms with Gasteiger partial charge in [-0.3, -0.25) is 9.59 Å². The molecule has 0 fully saturated rings. The van der Waals surface area contributed by atoms with Gasteiger partial charge in [0.15, 0.2) is 5.41 Å². The van der Waals surface area contributed by atoms with Crippen LogP contribution in [-0.4, -0.2) is 37.9 Å². The maximum absolute atomic E-state index is 12.2. The van der Waals surface area contributed by atoms with E-state index in [4.69, 9.17) is 14.2 Å². The number of hydrogen-bond acceptors (Lipinski definition) is 5. The van der Waals surface area contributed by atoms with Crippen molar-refractivity contribution in [2.24, 2.45) is 5.41 Å². The lowest BCUT2D eigenvalue weighted by molar-refractivity contribution is -0.183. The first-order chi connectivity index (χ1) is 9.00. The standard InChI is InChI=1S/C14H24O5/c1-6-10-14(11(5)17-7-2,12(15)18-8-3)13(16)19-9-4/h6,11H,1,7-10H2,2-5H3/t11-/m0/s1. The Kier molecular flexibility index (Phi) is 8.07. The van der Waals surface area contributed by atoms with E-state index in [1.54, 1.807) is 27.7 Å². The minimum Gasteiger partial charge on any atom is -0.465 e. The molecule has 0 unspecified atom stereocenters. The van der Waals surface area contributed by atoms with Crippen LogP contribution in [0.4, 0.5) is 0 Å². The van der Waals surface area contributed by atoms with Gasteiger partial charge < -0.3 is 14.2 Å². The number of rotatable bonds is 9. The molecule has 0 rings (SSSR count). The summed E-state index contributed by atoms with van der Waals surface area (Å²) in [6.07, 6.45) is 0.975. The zero-order valence-corrected chi connectivity index (χ0v) is 12.2. The third-order valence-electron chi connectivity index (χ3n) is 2.86. The van der Waals surface area contributed by atoms with Crippen LogP contribution in [0.3, 0.4) is 0 Å². The molecule has 0 saturated heterocycles. The van der Waals surface area contributed by atoms with Gasteiger partial charge in [-0.15, -0.1) is 6.58 Å². The van der Waals surface area contributed by atoms with E-state index >= 15 is 0 Å². The molecule has 0 aromatic heterocycles. The molecule has 0 heterocycles. The number of hydrogen-bond donors (Lipinski definition) is 0. The normalized spacial score (nSPS) is 12.6. The predicted octanol–water partition coefficient (Wildman–Crippen LogP) is 2.10. The van der Waals surface area contributed by atoms with E-state index in [-0.39, 0.29) is 19.6 Å². The van der Waals surface area contributed by atoms with Crippen molar-refractivity contribution in [2.75, 3.05) is 19.8 Å². The minimum atomic E-state index is -1.48. The monoisotopic (exact) mass is 272 g/mol. The van der Waals surface area contributed by atoms with Crippen LogP contribution in [0.1, 0.15) is 34.1 Å². The second kappa shape index (κ2) is 8.69. The van der Waals surface area contributed by atoms with Crippen molar-refractivity contribution in [2.45, 2.75) is 40.2 Å². The molecule has 0 amide bonds. The van der Waals surface area contributed by atoms with Gasteiger partial charge in [-0.05, 0) is 34.1 Å². The molecular weight excluding hydrogens is 248 g/mol. The molecule has 0 aliphatic rings. The quantitative estimate of drug-likeness (QED) is 0.365. The third kappa shape index (κ3) is 4.06. The zero-order chi connectivity index (χ0) is 14.9. The third-order valence-corrected chi connectivity index (χ3v) is 2.86. The van der Waals surface area contributed by atoms with Gasteiger partial charge in [-0.2, -0.15) is 0 Å². The molecule has 0 spiro atoms. The van der Waals surface area contributed by atoms with Gasteiger partial charge in [0.25, 0.3) is 0 Å². The molecule has 0 aliphatic carbocycles. The fourth-order valence-corrected chi connectivity index (χ4v) is 1.89. The lowest BCUT2D eigenvalue weighted by Gasteiger charge is -2.33. The van der Waals surface area contributed by atoms with Gasteiger partial charge >= 0.3 is 11.9 Å². The van der Waals surface area contributed by atoms with Crippen molar-refractivity contribution in [1.29, 1.82) is 0 Å². The molecule has 0 aromatic carbocycles. The van der Waals surface area contributed by atoms with E-state index in [0.717, 1.165) is 0 Å². The maximum Gasteiger partial charge on any atom is 0.326 e. The van der Waals surface area contributed by atoms with E-state index in [2.05, 4.69) is 6.58 Å². The van der Waals surface area contributed by atoms with E-state index < -0.39 is 23.5 Å². The first-order valence-electron chi connectivity index (χ1n) is 6.58. The number of ether oxygens (including phenoxy) is 3. The zero-order valence-electron chi connectivity index (χ0n) is 12.2. The van der Waals surface area contributed by atoms with E-state index in [1.807, 2.05) is 0 Å². The van der Waals surface area contributed by atoms with Crippen molar-refractivity contribution in [1.82, 2.24) is 0 Å². The summed E-state index contributed by atoms with van der Waals surface area (Å²) in [6.45, 7) is 11.2. The number of carbonyl (C=O) groups is 2. The summed E-state index contributed by atoms with van der Waals surface area (Å²) in [5.41, 5.74) is -1.48. The smallest absolute Gasteiger partial charge is 0.326 e. The average molecular weight is 272 g/mol. The molecule has 0 radical (unpaired) electrons. The fourth-order valence-electron chi connectivity index (χ4n) is 1.89. The summed E-state index contributed by atoms with van der Waals surface area (Å²) in [5, 5.41) is 0. The van der Waals surface area contributed by atoms with Crippen LogP contribution in [0.15, 0.2) is 12.7 Å². The molecule has 0 N–H and O–H groups in total. The fraction of sp³-hybridized carbons (Fsp3) is 0.714. The summed E-state index contributed by atoms with van der Waals surface area (Å²) in [6, 6.07) is 0. The van der Waals surface area contributed by atoms with Crippen LogP contribution in [0, 0.1) is 5.41 Å². The predicted molar refractivity (Wildman–Crippen MR) is 71.6 cm³/mol. The molecule has 5 nitrogen and oxygen atoms in total. The van der Waals surface area contributed by atoms with Crippen LogP contribution < -0.4 is 0 Å². The Morgan fingerprint density at radius 1 is 1.11 bits per heavy atom. The van der Waals surface area contributed by atoms with Gasteiger partial charge in [0.2, 0.25) is 0 Å². The van der Waals surface area contributed by atoms with Crippen molar-refractivity contribution < 1.29 is 23.8 Å². The molecule has 19 heavy (non-hydrogen) atoms. The van der Waals surface area contributed by atoms with Crippen LogP contribution in [-0.2, 0) is 23.8 Å². The van der Waals surface area contributed by atoms with E-state index in [9.17, 15) is 9.59 Å². The number of allylic oxidation sites excluding steroid dienone is 1. The Balaban J connectivity index is 5.50. The van der Waals surface area contributed by atoms with Crippen molar-refractivity contribution in [3.05, 3.63) is 12.7 Å². The maximum atomic E-state index is 12.2. The van der Waals surface area contributed by atoms with E-state index in [1.165, 1.54) is 6.08 Å². The first-order valence-corrected chi connectivity index (χ1v) is 6.58. The summed E-state index contributed by atoms with van der Waals surface area (Å²) < 4.78 is 15.5. The van der Waals surface area contributed by atoms with Crippen LogP contribution >= 0.6 is 0 Å². The Morgan fingerprint density at radius 2 is 1.58 bits per heavy atom. The molecular formula is C14H24O5. The van der Waals surface area contributed by atoms with Crippen LogP contribution in [0.5, 0.6) is 0 Å². The van der Waals surface area contributed by atoms with Gasteiger partial charge in [0.1, 0.15) is 0 Å². The van der Waals surface area contributed by atoms with Gasteiger partial charge in [-0.25, -0.2) is 0 Å². The summed E-state index contributed by atoms with van der Waals surface area (Å²) in [4.78, 5) is 24.5. The van der Waals surface area contributed by atoms with Crippen molar-refractivity contribution >= 4 is 11.9 Å². The summed E-state index contributed by atoms with van der Waals surface area (Å²) in [5.74, 6) is -1.26. The molecule has 0 aromatic rings. The Bertz CT molecular complexity index is 293. The second-order valence-electron chi connectivity index (χ2n) is 4.00. The Morgan fingerprint density at radius 3 is 1.89 bits per heavy atom. The minimum absolute atomic E-state index is 0.117. The summed E-state index contributed by atoms with van der Waals surface area (Å²) >= 11 is 0. The average Bonchev–Trinajstić information content (AvgIpc) is 2.36. The van der Waals surface area contributed by atoms with Crippen LogP contribution in [0.25, 0.3) is 0 Å². The highest BCUT2D eigenvalue weighted by Gasteiger charge is 2.53. The first kappa shape index (κ1) is 17.6. The molecule has 5 heteroatoms. The highest BCUT2D eigenvalue weighted by atomic mass is 16.6. The number of esters is 2. The van der Waals surface area contributed by atoms with Gasteiger partial charge in [0.05, 0.1) is 19.3 Å². The van der Waals surface area contributed by atoms with Crippen molar-refractivity contribution in [3.8, 4) is 0 Å². The van der Waals surface area contributed by atoms with E-state index in [0.29, 0.717) is 6.61 Å². The number of carbonyl (C=O) groups excluding carboxylic acids is 2. The lowest BCUT2D eigenvalue weighted by atomic mass is 9.79. The SMILES string of the molecule is C=CCC(C(=O)OCC)(C(=O)OCC)[C@H](C)OCC. The van der Waals surface area contributed by atoms with Crippen LogP contribution in [0.2, 0.25) is 0 Å². The molecule has 110 valence electrons. The highest BCUT2D eigenvalue weighted by Crippen LogP contribution is 2.33. The van der Waals surface area contributed by atoms with Crippen molar-refractivity contribution in [3.63, 3.8) is 0 Å². The van der Waals surface area contributed by atoms with Gasteiger partial charge in [-0.1, -0.05) is 6.08 Å². The highest BCUT2D eigenvalue weighted by molar-refractivity contribution is 6.01. The molecule has 0 bridgehead atoms. The second-order valence-corrected chi connectivity index (χ2v) is 4.00. The van der Waals surface area contributed by atoms with Gasteiger partial charge in [0, 0.05) is 6.61 Å². The summed E-state index contributed by atoms with van der Waals surface area (Å²) in [7, 11) is 0.